The number of rotatable bonds is 24. The maximum Gasteiger partial charge on any atom is 0.474 e. The van der Waals surface area contributed by atoms with Crippen LogP contribution in [0.25, 0.3) is 11.1 Å². The number of ether oxygens (including phenoxy) is 5. The number of hydrogen-bond donors (Lipinski definition) is 2. The number of carbonyl (C=O) groups is 2. The number of fused-ring (bicyclic) bond motifs is 3. The van der Waals surface area contributed by atoms with Gasteiger partial charge in [-0.3, -0.25) is 18.4 Å². The first-order chi connectivity index (χ1) is 30.6. The lowest BCUT2D eigenvalue weighted by atomic mass is 9.80. The molecule has 2 N–H and O–H groups in total. The fourth-order valence-corrected chi connectivity index (χ4v) is 8.88. The molecular weight excluding hydrogens is 824 g/mol. The van der Waals surface area contributed by atoms with Crippen molar-refractivity contribution in [3.05, 3.63) is 155 Å². The maximum atomic E-state index is 14.2. The quantitative estimate of drug-likeness (QED) is 0.0348. The molecule has 13 nitrogen and oxygen atoms in total. The number of hydrogen-bond acceptors (Lipinski definition) is 11. The number of methoxy groups -OCH3 is 3. The Bertz CT molecular complexity index is 2180. The van der Waals surface area contributed by atoms with Gasteiger partial charge in [0, 0.05) is 26.7 Å². The van der Waals surface area contributed by atoms with Crippen molar-refractivity contribution in [2.24, 2.45) is 0 Å². The van der Waals surface area contributed by atoms with Gasteiger partial charge in [0.05, 0.1) is 40.1 Å². The second kappa shape index (κ2) is 22.7. The van der Waals surface area contributed by atoms with Gasteiger partial charge in [-0.2, -0.15) is 0 Å². The van der Waals surface area contributed by atoms with Gasteiger partial charge in [0.1, 0.15) is 29.7 Å². The molecule has 14 heteroatoms. The van der Waals surface area contributed by atoms with Gasteiger partial charge in [0.15, 0.2) is 0 Å². The van der Waals surface area contributed by atoms with Gasteiger partial charge in [-0.05, 0) is 89.4 Å². The summed E-state index contributed by atoms with van der Waals surface area (Å²) in [6.45, 7) is 2.17. The van der Waals surface area contributed by atoms with Crippen LogP contribution in [0.15, 0.2) is 127 Å². The molecule has 0 spiro atoms. The Kier molecular flexibility index (Phi) is 16.9. The zero-order valence-electron chi connectivity index (χ0n) is 36.5. The summed E-state index contributed by atoms with van der Waals surface area (Å²) >= 11 is 0. The van der Waals surface area contributed by atoms with Crippen LogP contribution in [0.4, 0.5) is 4.79 Å². The molecule has 5 aromatic rings. The summed E-state index contributed by atoms with van der Waals surface area (Å²) < 4.78 is 57.8. The molecule has 0 heterocycles. The summed E-state index contributed by atoms with van der Waals surface area (Å²) in [5, 5.41) is 5.81. The zero-order chi connectivity index (χ0) is 44.7. The zero-order valence-corrected chi connectivity index (χ0v) is 37.3. The van der Waals surface area contributed by atoms with Crippen molar-refractivity contribution in [3.8, 4) is 22.6 Å². The van der Waals surface area contributed by atoms with Gasteiger partial charge < -0.3 is 34.3 Å². The van der Waals surface area contributed by atoms with Crippen LogP contribution >= 0.6 is 7.82 Å². The average Bonchev–Trinajstić information content (AvgIpc) is 3.64. The smallest absolute Gasteiger partial charge is 0.474 e. The number of unbranched alkanes of at least 4 members (excludes halogenated alkanes) is 2. The molecule has 63 heavy (non-hydrogen) atoms. The van der Waals surface area contributed by atoms with E-state index in [1.165, 1.54) is 14.2 Å². The molecule has 0 saturated carbocycles. The summed E-state index contributed by atoms with van der Waals surface area (Å²) in [5.41, 5.74) is 5.40. The van der Waals surface area contributed by atoms with Gasteiger partial charge in [-0.25, -0.2) is 9.36 Å². The van der Waals surface area contributed by atoms with Crippen molar-refractivity contribution in [1.82, 2.24) is 10.6 Å². The molecule has 1 aliphatic carbocycles. The van der Waals surface area contributed by atoms with Gasteiger partial charge in [-0.15, -0.1) is 0 Å². The average molecular weight is 881 g/mol. The summed E-state index contributed by atoms with van der Waals surface area (Å²) in [6, 6.07) is 39.8. The highest BCUT2D eigenvalue weighted by Gasteiger charge is 2.40. The molecule has 6 rings (SSSR count). The van der Waals surface area contributed by atoms with E-state index >= 15 is 0 Å². The third-order valence-corrected chi connectivity index (χ3v) is 12.5. The minimum Gasteiger partial charge on any atom is -0.497 e. The van der Waals surface area contributed by atoms with E-state index in [-0.39, 0.29) is 38.9 Å². The second-order valence-corrected chi connectivity index (χ2v) is 16.8. The summed E-state index contributed by atoms with van der Waals surface area (Å²) in [6.07, 6.45) is 0.475. The molecule has 1 aliphatic rings. The van der Waals surface area contributed by atoms with Crippen molar-refractivity contribution >= 4 is 19.8 Å². The number of benzene rings is 5. The highest BCUT2D eigenvalue weighted by Crippen LogP contribution is 2.50. The molecule has 5 aromatic carbocycles. The van der Waals surface area contributed by atoms with Crippen molar-refractivity contribution in [1.29, 1.82) is 0 Å². The highest BCUT2D eigenvalue weighted by atomic mass is 31.2. The monoisotopic (exact) mass is 880 g/mol. The number of carbonyl (C=O) groups excluding carboxylic acids is 2. The number of amides is 2. The second-order valence-electron chi connectivity index (χ2n) is 15.0. The Hall–Kier alpha value is -5.53. The fourth-order valence-electron chi connectivity index (χ4n) is 7.77. The molecule has 0 saturated heterocycles. The lowest BCUT2D eigenvalue weighted by molar-refractivity contribution is -0.126. The Morgan fingerprint density at radius 3 is 1.79 bits per heavy atom. The molecule has 0 fully saturated rings. The lowest BCUT2D eigenvalue weighted by Gasteiger charge is -2.37. The van der Waals surface area contributed by atoms with Gasteiger partial charge in [-0.1, -0.05) is 103 Å². The molecule has 0 aromatic heterocycles. The standard InChI is InChI=1S/C49H57N2O11P/c1-35(32-55-2)62-63(54,58-5)61-31-15-7-14-30-50-47(52)46(51-48(53)59-33-45-43-20-12-10-18-41(43)42-19-11-13-21-44(42)45)34-60-49(36-16-8-6-9-17-36,37-22-26-39(56-3)27-23-37)38-24-28-40(57-4)29-25-38/h6,8-13,16-29,35,45-46H,7,14-15,30-34H2,1-5H3,(H,50,52)(H,51,53). The molecule has 0 radical (unpaired) electrons. The van der Waals surface area contributed by atoms with Crippen LogP contribution in [0.2, 0.25) is 0 Å². The van der Waals surface area contributed by atoms with Crippen LogP contribution < -0.4 is 20.1 Å². The minimum atomic E-state index is -3.75. The number of nitrogens with one attached hydrogen (secondary N) is 2. The largest absolute Gasteiger partial charge is 0.497 e. The van der Waals surface area contributed by atoms with E-state index in [9.17, 15) is 14.2 Å². The molecule has 0 bridgehead atoms. The van der Waals surface area contributed by atoms with Crippen molar-refractivity contribution < 1.29 is 51.4 Å². The van der Waals surface area contributed by atoms with E-state index in [1.54, 1.807) is 21.1 Å². The third kappa shape index (κ3) is 11.7. The number of phosphoric acid groups is 1. The molecule has 0 aliphatic heterocycles. The third-order valence-electron chi connectivity index (χ3n) is 10.9. The summed E-state index contributed by atoms with van der Waals surface area (Å²) in [5.74, 6) is 0.683. The van der Waals surface area contributed by atoms with E-state index < -0.39 is 37.6 Å². The summed E-state index contributed by atoms with van der Waals surface area (Å²) in [4.78, 5) is 28.0. The van der Waals surface area contributed by atoms with Crippen molar-refractivity contribution in [2.45, 2.75) is 49.9 Å². The van der Waals surface area contributed by atoms with E-state index in [1.807, 2.05) is 115 Å². The molecule has 2 amide bonds. The first kappa shape index (κ1) is 47.0. The van der Waals surface area contributed by atoms with Gasteiger partial charge >= 0.3 is 13.9 Å². The Morgan fingerprint density at radius 2 is 1.24 bits per heavy atom. The number of phosphoric ester groups is 1. The molecule has 3 atom stereocenters. The Balaban J connectivity index is 1.21. The Morgan fingerprint density at radius 1 is 0.683 bits per heavy atom. The Labute approximate surface area is 369 Å². The van der Waals surface area contributed by atoms with Crippen LogP contribution in [0, 0.1) is 0 Å². The van der Waals surface area contributed by atoms with E-state index in [0.717, 1.165) is 38.9 Å². The predicted octanol–water partition coefficient (Wildman–Crippen LogP) is 9.03. The van der Waals surface area contributed by atoms with E-state index in [4.69, 9.17) is 37.3 Å². The summed E-state index contributed by atoms with van der Waals surface area (Å²) in [7, 11) is 2.24. The fraction of sp³-hybridized carbons (Fsp3) is 0.347. The molecular formula is C49H57N2O11P. The van der Waals surface area contributed by atoms with Gasteiger partial charge in [0.2, 0.25) is 5.91 Å². The maximum absolute atomic E-state index is 14.2. The van der Waals surface area contributed by atoms with Crippen LogP contribution in [0.5, 0.6) is 11.5 Å². The van der Waals surface area contributed by atoms with E-state index in [2.05, 4.69) is 22.8 Å². The first-order valence-corrected chi connectivity index (χ1v) is 22.5. The van der Waals surface area contributed by atoms with Crippen LogP contribution in [0.3, 0.4) is 0 Å². The van der Waals surface area contributed by atoms with Crippen molar-refractivity contribution in [3.63, 3.8) is 0 Å². The van der Waals surface area contributed by atoms with Gasteiger partial charge in [0.25, 0.3) is 0 Å². The van der Waals surface area contributed by atoms with Crippen molar-refractivity contribution in [2.75, 3.05) is 61.4 Å². The predicted molar refractivity (Wildman–Crippen MR) is 240 cm³/mol. The van der Waals surface area contributed by atoms with E-state index in [0.29, 0.717) is 30.8 Å². The molecule has 334 valence electrons. The molecule has 3 unspecified atom stereocenters. The minimum absolute atomic E-state index is 0.0646. The number of alkyl carbamates (subject to hydrolysis) is 1. The van der Waals surface area contributed by atoms with Crippen LogP contribution in [0.1, 0.15) is 59.9 Å². The SMILES string of the molecule is COCC(C)OP(=O)(OC)OCCCCCNC(=O)C(COC(c1ccccc1)(c1ccc(OC)cc1)c1ccc(OC)cc1)NC(=O)OCC1c2ccccc2-c2ccccc21. The highest BCUT2D eigenvalue weighted by molar-refractivity contribution is 7.48. The lowest BCUT2D eigenvalue weighted by Crippen LogP contribution is -2.51. The first-order valence-electron chi connectivity index (χ1n) is 21.0. The van der Waals surface area contributed by atoms with Crippen LogP contribution in [-0.2, 0) is 42.7 Å². The normalized spacial score (nSPS) is 14.1. The van der Waals surface area contributed by atoms with Crippen LogP contribution in [-0.4, -0.2) is 85.6 Å². The topological polar surface area (TPSA) is 149 Å².